The van der Waals surface area contributed by atoms with Crippen LogP contribution in [0.3, 0.4) is 0 Å². The van der Waals surface area contributed by atoms with Crippen molar-refractivity contribution in [3.8, 4) is 11.3 Å². The number of hydrogen-bond acceptors (Lipinski definition) is 6. The fourth-order valence-electron chi connectivity index (χ4n) is 2.44. The number of nitrogens with one attached hydrogen (secondary N) is 1. The molecule has 7 heteroatoms. The molecular formula is C15H15N3O4. The van der Waals surface area contributed by atoms with Crippen LogP contribution in [0.4, 0.5) is 0 Å². The van der Waals surface area contributed by atoms with Crippen molar-refractivity contribution in [1.82, 2.24) is 15.6 Å². The van der Waals surface area contributed by atoms with E-state index in [0.29, 0.717) is 28.1 Å². The smallest absolute Gasteiger partial charge is 0.275 e. The van der Waals surface area contributed by atoms with E-state index < -0.39 is 0 Å². The van der Waals surface area contributed by atoms with Crippen molar-refractivity contribution in [2.45, 2.75) is 20.8 Å². The number of furan rings is 1. The third kappa shape index (κ3) is 2.25. The van der Waals surface area contributed by atoms with Crippen molar-refractivity contribution in [2.75, 3.05) is 7.11 Å². The fraction of sp³-hybridized carbons (Fsp3) is 0.267. The van der Waals surface area contributed by atoms with Gasteiger partial charge in [0.2, 0.25) is 0 Å². The molecule has 0 radical (unpaired) electrons. The molecule has 0 aliphatic heterocycles. The van der Waals surface area contributed by atoms with Gasteiger partial charge in [-0.25, -0.2) is 10.5 Å². The second-order valence-corrected chi connectivity index (χ2v) is 4.97. The molecule has 0 unspecified atom stereocenters. The number of rotatable bonds is 3. The zero-order chi connectivity index (χ0) is 15.9. The standard InChI is InChI=1S/C15H15N3O4/c1-7-5-10(9(3)21-7)12-6-11(14(19)18-20-4)13-8(2)17-22-15(13)16-12/h5-6H,1-4H3,(H,18,19). The van der Waals surface area contributed by atoms with Gasteiger partial charge in [-0.2, -0.15) is 0 Å². The number of aromatic nitrogens is 2. The van der Waals surface area contributed by atoms with Gasteiger partial charge in [0.1, 0.15) is 11.5 Å². The summed E-state index contributed by atoms with van der Waals surface area (Å²) in [6.07, 6.45) is 0. The fourth-order valence-corrected chi connectivity index (χ4v) is 2.44. The van der Waals surface area contributed by atoms with E-state index in [0.717, 1.165) is 17.1 Å². The van der Waals surface area contributed by atoms with Crippen molar-refractivity contribution in [3.63, 3.8) is 0 Å². The Balaban J connectivity index is 2.25. The van der Waals surface area contributed by atoms with Gasteiger partial charge >= 0.3 is 0 Å². The predicted molar refractivity (Wildman–Crippen MR) is 78.2 cm³/mol. The van der Waals surface area contributed by atoms with Gasteiger partial charge in [-0.1, -0.05) is 5.16 Å². The molecule has 0 saturated heterocycles. The Morgan fingerprint density at radius 1 is 1.27 bits per heavy atom. The summed E-state index contributed by atoms with van der Waals surface area (Å²) in [5, 5.41) is 4.45. The molecule has 0 aliphatic rings. The molecule has 0 bridgehead atoms. The van der Waals surface area contributed by atoms with E-state index in [4.69, 9.17) is 13.8 Å². The number of carbonyl (C=O) groups is 1. The van der Waals surface area contributed by atoms with Crippen molar-refractivity contribution < 1.29 is 18.6 Å². The molecule has 0 fully saturated rings. The minimum absolute atomic E-state index is 0.300. The van der Waals surface area contributed by atoms with Crippen LogP contribution in [0.2, 0.25) is 0 Å². The van der Waals surface area contributed by atoms with Gasteiger partial charge in [0.05, 0.1) is 29.4 Å². The number of pyridine rings is 1. The van der Waals surface area contributed by atoms with Crippen molar-refractivity contribution in [1.29, 1.82) is 0 Å². The van der Waals surface area contributed by atoms with Crippen LogP contribution in [0.25, 0.3) is 22.4 Å². The first-order valence-corrected chi connectivity index (χ1v) is 6.69. The molecule has 0 saturated carbocycles. The van der Waals surface area contributed by atoms with Crippen LogP contribution < -0.4 is 5.48 Å². The lowest BCUT2D eigenvalue weighted by Gasteiger charge is -2.06. The molecule has 22 heavy (non-hydrogen) atoms. The first-order valence-electron chi connectivity index (χ1n) is 6.69. The predicted octanol–water partition coefficient (Wildman–Crippen LogP) is 2.70. The minimum atomic E-state index is -0.389. The summed E-state index contributed by atoms with van der Waals surface area (Å²) >= 11 is 0. The highest BCUT2D eigenvalue weighted by Crippen LogP contribution is 2.30. The van der Waals surface area contributed by atoms with E-state index in [1.165, 1.54) is 7.11 Å². The van der Waals surface area contributed by atoms with E-state index in [2.05, 4.69) is 15.6 Å². The number of aryl methyl sites for hydroxylation is 3. The highest BCUT2D eigenvalue weighted by Gasteiger charge is 2.20. The molecule has 3 aromatic heterocycles. The van der Waals surface area contributed by atoms with Crippen LogP contribution in [-0.4, -0.2) is 23.2 Å². The Hall–Kier alpha value is -2.67. The molecule has 3 aromatic rings. The maximum absolute atomic E-state index is 12.2. The summed E-state index contributed by atoms with van der Waals surface area (Å²) in [6.45, 7) is 5.45. The third-order valence-electron chi connectivity index (χ3n) is 3.37. The Labute approximate surface area is 126 Å². The summed E-state index contributed by atoms with van der Waals surface area (Å²) in [6, 6.07) is 3.54. The van der Waals surface area contributed by atoms with Gasteiger partial charge in [0, 0.05) is 5.56 Å². The average Bonchev–Trinajstić information content (AvgIpc) is 3.01. The van der Waals surface area contributed by atoms with Crippen LogP contribution in [0.15, 0.2) is 21.1 Å². The number of nitrogens with zero attached hydrogens (tertiary/aromatic N) is 2. The molecule has 0 spiro atoms. The summed E-state index contributed by atoms with van der Waals surface area (Å²) in [5.74, 6) is 1.10. The number of hydrogen-bond donors (Lipinski definition) is 1. The number of hydroxylamine groups is 1. The molecule has 7 nitrogen and oxygen atoms in total. The molecule has 0 aliphatic carbocycles. The molecule has 0 atom stereocenters. The zero-order valence-electron chi connectivity index (χ0n) is 12.7. The Bertz CT molecular complexity index is 863. The Kier molecular flexibility index (Phi) is 3.42. The second-order valence-electron chi connectivity index (χ2n) is 4.97. The maximum Gasteiger partial charge on any atom is 0.275 e. The molecule has 114 valence electrons. The first kappa shape index (κ1) is 14.3. The average molecular weight is 301 g/mol. The summed E-state index contributed by atoms with van der Waals surface area (Å²) in [4.78, 5) is 21.4. The maximum atomic E-state index is 12.2. The largest absolute Gasteiger partial charge is 0.466 e. The van der Waals surface area contributed by atoms with Crippen molar-refractivity contribution in [2.24, 2.45) is 0 Å². The lowest BCUT2D eigenvalue weighted by Crippen LogP contribution is -2.22. The number of fused-ring (bicyclic) bond motifs is 1. The lowest BCUT2D eigenvalue weighted by atomic mass is 10.1. The van der Waals surface area contributed by atoms with Crippen molar-refractivity contribution >= 4 is 17.0 Å². The zero-order valence-corrected chi connectivity index (χ0v) is 12.7. The topological polar surface area (TPSA) is 90.4 Å². The highest BCUT2D eigenvalue weighted by atomic mass is 16.6. The summed E-state index contributed by atoms with van der Waals surface area (Å²) in [7, 11) is 1.38. The Morgan fingerprint density at radius 3 is 2.68 bits per heavy atom. The molecule has 3 rings (SSSR count). The minimum Gasteiger partial charge on any atom is -0.466 e. The van der Waals surface area contributed by atoms with E-state index in [1.54, 1.807) is 13.0 Å². The molecular weight excluding hydrogens is 286 g/mol. The molecule has 3 heterocycles. The molecule has 0 aromatic carbocycles. The van der Waals surface area contributed by atoms with Gasteiger partial charge in [0.15, 0.2) is 0 Å². The molecule has 1 amide bonds. The van der Waals surface area contributed by atoms with E-state index in [9.17, 15) is 4.79 Å². The van der Waals surface area contributed by atoms with Crippen molar-refractivity contribution in [3.05, 3.63) is 34.9 Å². The van der Waals surface area contributed by atoms with E-state index >= 15 is 0 Å². The van der Waals surface area contributed by atoms with Gasteiger partial charge in [-0.05, 0) is 32.9 Å². The van der Waals surface area contributed by atoms with E-state index in [-0.39, 0.29) is 5.91 Å². The highest BCUT2D eigenvalue weighted by molar-refractivity contribution is 6.06. The molecule has 1 N–H and O–H groups in total. The van der Waals surface area contributed by atoms with Crippen LogP contribution in [0, 0.1) is 20.8 Å². The van der Waals surface area contributed by atoms with E-state index in [1.807, 2.05) is 19.9 Å². The van der Waals surface area contributed by atoms with Gasteiger partial charge in [-0.3, -0.25) is 9.63 Å². The third-order valence-corrected chi connectivity index (χ3v) is 3.37. The van der Waals surface area contributed by atoms with Gasteiger partial charge in [-0.15, -0.1) is 0 Å². The number of carbonyl (C=O) groups excluding carboxylic acids is 1. The van der Waals surface area contributed by atoms with Gasteiger partial charge in [0.25, 0.3) is 11.6 Å². The number of amides is 1. The SMILES string of the molecule is CONC(=O)c1cc(-c2cc(C)oc2C)nc2onc(C)c12. The first-order chi connectivity index (χ1) is 10.5. The summed E-state index contributed by atoms with van der Waals surface area (Å²) in [5.41, 5.74) is 4.98. The normalized spacial score (nSPS) is 11.1. The quantitative estimate of drug-likeness (QED) is 0.748. The Morgan fingerprint density at radius 2 is 2.05 bits per heavy atom. The monoisotopic (exact) mass is 301 g/mol. The van der Waals surface area contributed by atoms with Crippen LogP contribution >= 0.6 is 0 Å². The summed E-state index contributed by atoms with van der Waals surface area (Å²) < 4.78 is 10.7. The van der Waals surface area contributed by atoms with Crippen LogP contribution in [0.1, 0.15) is 27.6 Å². The van der Waals surface area contributed by atoms with Crippen LogP contribution in [0.5, 0.6) is 0 Å². The lowest BCUT2D eigenvalue weighted by molar-refractivity contribution is 0.0539. The van der Waals surface area contributed by atoms with Gasteiger partial charge < -0.3 is 8.94 Å². The van der Waals surface area contributed by atoms with Crippen LogP contribution in [-0.2, 0) is 4.84 Å². The second kappa shape index (κ2) is 5.27.